The molecule has 7 heteroatoms. The highest BCUT2D eigenvalue weighted by Gasteiger charge is 2.10. The van der Waals surface area contributed by atoms with E-state index in [2.05, 4.69) is 23.4 Å². The fraction of sp³-hybridized carbons (Fsp3) is 0.600. The summed E-state index contributed by atoms with van der Waals surface area (Å²) in [4.78, 5) is 23.0. The second-order valence-corrected chi connectivity index (χ2v) is 2.11. The van der Waals surface area contributed by atoms with Gasteiger partial charge in [-0.2, -0.15) is 18.5 Å². The molecule has 6 nitrogen and oxygen atoms in total. The van der Waals surface area contributed by atoms with Crippen LogP contribution in [-0.4, -0.2) is 28.8 Å². The van der Waals surface area contributed by atoms with E-state index < -0.39 is 18.0 Å². The second kappa shape index (κ2) is 8.31. The lowest BCUT2D eigenvalue weighted by Gasteiger charge is -2.01. The predicted octanol–water partition coefficient (Wildman–Crippen LogP) is -1.25. The Morgan fingerprint density at radius 3 is 2.08 bits per heavy atom. The second-order valence-electron chi connectivity index (χ2n) is 1.74. The van der Waals surface area contributed by atoms with Crippen molar-refractivity contribution in [1.29, 1.82) is 0 Å². The van der Waals surface area contributed by atoms with Crippen molar-refractivity contribution in [3.8, 4) is 0 Å². The molecule has 0 radical (unpaired) electrons. The van der Waals surface area contributed by atoms with Gasteiger partial charge in [-0.05, 0) is 0 Å². The van der Waals surface area contributed by atoms with Crippen molar-refractivity contribution >= 4 is 24.6 Å². The van der Waals surface area contributed by atoms with Crippen molar-refractivity contribution in [2.45, 2.75) is 13.0 Å². The first-order valence-corrected chi connectivity index (χ1v) is 3.55. The van der Waals surface area contributed by atoms with Gasteiger partial charge in [0, 0.05) is 12.7 Å². The van der Waals surface area contributed by atoms with E-state index in [1.807, 2.05) is 0 Å². The van der Waals surface area contributed by atoms with Gasteiger partial charge in [-0.3, -0.25) is 4.79 Å². The molecule has 72 valence electrons. The number of carboxylic acids is 1. The highest BCUT2D eigenvalue weighted by molar-refractivity contribution is 7.80. The topological polar surface area (TPSA) is 116 Å². The molecule has 0 rings (SSSR count). The van der Waals surface area contributed by atoms with Crippen LogP contribution in [0.5, 0.6) is 0 Å². The van der Waals surface area contributed by atoms with Gasteiger partial charge in [0.05, 0.1) is 0 Å². The summed E-state index contributed by atoms with van der Waals surface area (Å²) >= 11 is 3.73. The molecule has 0 aliphatic rings. The van der Waals surface area contributed by atoms with Crippen LogP contribution in [0.1, 0.15) is 6.92 Å². The molecule has 0 bridgehead atoms. The lowest BCUT2D eigenvalue weighted by Crippen LogP contribution is -2.35. The zero-order chi connectivity index (χ0) is 10.1. The maximum absolute atomic E-state index is 10.2. The summed E-state index contributed by atoms with van der Waals surface area (Å²) in [6.07, 6.45) is 0. The van der Waals surface area contributed by atoms with Gasteiger partial charge in [0.25, 0.3) is 5.97 Å². The molecule has 0 unspecified atom stereocenters. The van der Waals surface area contributed by atoms with E-state index >= 15 is 0 Å². The van der Waals surface area contributed by atoms with Crippen LogP contribution in [0.3, 0.4) is 0 Å². The van der Waals surface area contributed by atoms with Crippen molar-refractivity contribution < 1.29 is 19.5 Å². The fourth-order valence-corrected chi connectivity index (χ4v) is 0.311. The van der Waals surface area contributed by atoms with Crippen LogP contribution in [0, 0.1) is 0 Å². The van der Waals surface area contributed by atoms with E-state index in [1.54, 1.807) is 0 Å². The SMILES string of the molecule is CC(=O)O.NOC(=O)[C@@H](N)CS. The first kappa shape index (κ1) is 13.8. The number of carboxylic acid groups (broad SMARTS) is 1. The lowest BCUT2D eigenvalue weighted by atomic mass is 10.4. The molecule has 0 aliphatic carbocycles. The molecule has 5 N–H and O–H groups in total. The first-order chi connectivity index (χ1) is 5.45. The van der Waals surface area contributed by atoms with Crippen LogP contribution in [0.4, 0.5) is 0 Å². The summed E-state index contributed by atoms with van der Waals surface area (Å²) in [6.45, 7) is 1.08. The number of thiol groups is 1. The predicted molar refractivity (Wildman–Crippen MR) is 45.4 cm³/mol. The summed E-state index contributed by atoms with van der Waals surface area (Å²) in [5, 5.41) is 7.42. The number of aliphatic carboxylic acids is 1. The van der Waals surface area contributed by atoms with Crippen molar-refractivity contribution in [3.05, 3.63) is 0 Å². The van der Waals surface area contributed by atoms with Crippen LogP contribution in [-0.2, 0) is 14.4 Å². The monoisotopic (exact) mass is 196 g/mol. The van der Waals surface area contributed by atoms with Crippen LogP contribution in [0.25, 0.3) is 0 Å². The lowest BCUT2D eigenvalue weighted by molar-refractivity contribution is -0.145. The van der Waals surface area contributed by atoms with E-state index in [1.165, 1.54) is 0 Å². The van der Waals surface area contributed by atoms with Crippen molar-refractivity contribution in [3.63, 3.8) is 0 Å². The maximum Gasteiger partial charge on any atom is 0.342 e. The Kier molecular flexibility index (Phi) is 9.54. The number of hydrogen-bond acceptors (Lipinski definition) is 6. The van der Waals surface area contributed by atoms with Gasteiger partial charge in [-0.25, -0.2) is 4.79 Å². The third kappa shape index (κ3) is 11.9. The third-order valence-electron chi connectivity index (χ3n) is 0.616. The molecular formula is C5H12N2O4S. The average molecular weight is 196 g/mol. The molecule has 0 heterocycles. The zero-order valence-electron chi connectivity index (χ0n) is 6.56. The quantitative estimate of drug-likeness (QED) is 0.324. The van der Waals surface area contributed by atoms with Crippen LogP contribution < -0.4 is 11.6 Å². The summed E-state index contributed by atoms with van der Waals surface area (Å²) in [5.74, 6) is 3.26. The van der Waals surface area contributed by atoms with E-state index in [9.17, 15) is 4.79 Å². The van der Waals surface area contributed by atoms with E-state index in [4.69, 9.17) is 15.6 Å². The smallest absolute Gasteiger partial charge is 0.342 e. The number of carbonyl (C=O) groups excluding carboxylic acids is 1. The summed E-state index contributed by atoms with van der Waals surface area (Å²) < 4.78 is 0. The minimum atomic E-state index is -0.833. The Hall–Kier alpha value is -0.790. The van der Waals surface area contributed by atoms with Crippen LogP contribution in [0.15, 0.2) is 0 Å². The molecule has 0 aromatic carbocycles. The molecule has 0 saturated heterocycles. The molecule has 12 heavy (non-hydrogen) atoms. The van der Waals surface area contributed by atoms with Gasteiger partial charge < -0.3 is 15.7 Å². The molecule has 0 saturated carbocycles. The minimum absolute atomic E-state index is 0.246. The normalized spacial score (nSPS) is 10.7. The minimum Gasteiger partial charge on any atom is -0.481 e. The molecule has 0 aliphatic heterocycles. The molecule has 0 aromatic rings. The van der Waals surface area contributed by atoms with Gasteiger partial charge in [0.2, 0.25) is 0 Å². The zero-order valence-corrected chi connectivity index (χ0v) is 7.45. The highest BCUT2D eigenvalue weighted by atomic mass is 32.1. The highest BCUT2D eigenvalue weighted by Crippen LogP contribution is 1.83. The largest absolute Gasteiger partial charge is 0.481 e. The Morgan fingerprint density at radius 2 is 2.00 bits per heavy atom. The van der Waals surface area contributed by atoms with Crippen LogP contribution in [0.2, 0.25) is 0 Å². The number of hydrogen-bond donors (Lipinski definition) is 4. The number of carbonyl (C=O) groups is 2. The number of rotatable bonds is 2. The number of nitrogens with two attached hydrogens (primary N) is 2. The average Bonchev–Trinajstić information content (AvgIpc) is 2.00. The molecule has 0 amide bonds. The molecular weight excluding hydrogens is 184 g/mol. The standard InChI is InChI=1S/C3H8N2O2S.C2H4O2/c4-2(1-8)3(6)7-5;1-2(3)4/h2,8H,1,4-5H2;1H3,(H,3,4)/t2-;/m0./s1. The fourth-order valence-electron chi connectivity index (χ4n) is 0.162. The molecule has 0 aromatic heterocycles. The maximum atomic E-state index is 10.2. The van der Waals surface area contributed by atoms with E-state index in [-0.39, 0.29) is 5.75 Å². The third-order valence-corrected chi connectivity index (χ3v) is 1.01. The Balaban J connectivity index is 0. The summed E-state index contributed by atoms with van der Waals surface area (Å²) in [6, 6.07) is -0.705. The van der Waals surface area contributed by atoms with E-state index in [0.717, 1.165) is 6.92 Å². The Morgan fingerprint density at radius 1 is 1.67 bits per heavy atom. The van der Waals surface area contributed by atoms with Crippen LogP contribution >= 0.6 is 12.6 Å². The van der Waals surface area contributed by atoms with Gasteiger partial charge in [-0.1, -0.05) is 0 Å². The molecule has 0 fully saturated rings. The summed E-state index contributed by atoms with van der Waals surface area (Å²) in [5.41, 5.74) is 5.10. The van der Waals surface area contributed by atoms with E-state index in [0.29, 0.717) is 0 Å². The van der Waals surface area contributed by atoms with Crippen molar-refractivity contribution in [2.24, 2.45) is 11.6 Å². The van der Waals surface area contributed by atoms with Gasteiger partial charge >= 0.3 is 5.97 Å². The Labute approximate surface area is 75.2 Å². The Bertz CT molecular complexity index is 148. The van der Waals surface area contributed by atoms with Crippen molar-refractivity contribution in [2.75, 3.05) is 5.75 Å². The first-order valence-electron chi connectivity index (χ1n) is 2.92. The summed E-state index contributed by atoms with van der Waals surface area (Å²) in [7, 11) is 0. The molecule has 1 atom stereocenters. The van der Waals surface area contributed by atoms with Gasteiger partial charge in [0.1, 0.15) is 6.04 Å². The molecule has 0 spiro atoms. The van der Waals surface area contributed by atoms with Gasteiger partial charge in [-0.15, -0.1) is 0 Å². The van der Waals surface area contributed by atoms with Gasteiger partial charge in [0.15, 0.2) is 0 Å². The van der Waals surface area contributed by atoms with Crippen molar-refractivity contribution in [1.82, 2.24) is 0 Å².